The molecule has 0 aromatic carbocycles. The molecule has 0 saturated heterocycles. The Hall–Kier alpha value is -0.410. The highest BCUT2D eigenvalue weighted by atomic mass is 32.2. The van der Waals surface area contributed by atoms with Crippen LogP contribution in [0, 0.1) is 5.92 Å². The molecule has 0 amide bonds. The Kier molecular flexibility index (Phi) is 5.64. The van der Waals surface area contributed by atoms with Crippen LogP contribution in [0.1, 0.15) is 51.3 Å². The topological polar surface area (TPSA) is 25.2 Å². The van der Waals surface area contributed by atoms with E-state index in [2.05, 4.69) is 30.9 Å². The summed E-state index contributed by atoms with van der Waals surface area (Å²) < 4.78 is 5.39. The smallest absolute Gasteiger partial charge is 0.120 e. The first-order valence-corrected chi connectivity index (χ1v) is 8.19. The average molecular weight is 267 g/mol. The summed E-state index contributed by atoms with van der Waals surface area (Å²) in [6.07, 6.45) is 7.44. The van der Waals surface area contributed by atoms with Crippen molar-refractivity contribution in [1.82, 2.24) is 5.32 Å². The first kappa shape index (κ1) is 14.0. The number of hydrogen-bond donors (Lipinski definition) is 1. The minimum atomic E-state index is 0.325. The lowest BCUT2D eigenvalue weighted by atomic mass is 9.91. The third kappa shape index (κ3) is 4.36. The SMILES string of the molecule is CC1CCCC(SCCNC(C)c2ccco2)C1. The Bertz CT molecular complexity index is 325. The standard InChI is InChI=1S/C15H25NOS/c1-12-5-3-6-14(11-12)18-10-8-16-13(2)15-7-4-9-17-15/h4,7,9,12-14,16H,3,5-6,8,10-11H2,1-2H3. The molecular weight excluding hydrogens is 242 g/mol. The first-order chi connectivity index (χ1) is 8.75. The third-order valence-electron chi connectivity index (χ3n) is 3.76. The summed E-state index contributed by atoms with van der Waals surface area (Å²) in [5.41, 5.74) is 0. The van der Waals surface area contributed by atoms with Crippen LogP contribution < -0.4 is 5.32 Å². The Morgan fingerprint density at radius 3 is 3.11 bits per heavy atom. The average Bonchev–Trinajstić information content (AvgIpc) is 2.88. The summed E-state index contributed by atoms with van der Waals surface area (Å²) >= 11 is 2.15. The highest BCUT2D eigenvalue weighted by molar-refractivity contribution is 7.99. The van der Waals surface area contributed by atoms with E-state index >= 15 is 0 Å². The van der Waals surface area contributed by atoms with Crippen molar-refractivity contribution in [3.8, 4) is 0 Å². The van der Waals surface area contributed by atoms with E-state index in [9.17, 15) is 0 Å². The van der Waals surface area contributed by atoms with Gasteiger partial charge in [0, 0.05) is 17.5 Å². The van der Waals surface area contributed by atoms with Crippen LogP contribution >= 0.6 is 11.8 Å². The largest absolute Gasteiger partial charge is 0.468 e. The van der Waals surface area contributed by atoms with Gasteiger partial charge in [-0.25, -0.2) is 0 Å². The monoisotopic (exact) mass is 267 g/mol. The molecule has 0 spiro atoms. The van der Waals surface area contributed by atoms with Crippen LogP contribution in [-0.2, 0) is 0 Å². The second-order valence-corrected chi connectivity index (χ2v) is 6.86. The van der Waals surface area contributed by atoms with Gasteiger partial charge in [0.15, 0.2) is 0 Å². The molecule has 0 radical (unpaired) electrons. The normalized spacial score (nSPS) is 26.1. The molecule has 102 valence electrons. The zero-order valence-corrected chi connectivity index (χ0v) is 12.3. The molecule has 1 saturated carbocycles. The number of thioether (sulfide) groups is 1. The van der Waals surface area contributed by atoms with Gasteiger partial charge < -0.3 is 9.73 Å². The van der Waals surface area contributed by atoms with Crippen molar-refractivity contribution in [3.63, 3.8) is 0 Å². The van der Waals surface area contributed by atoms with Crippen molar-refractivity contribution in [2.75, 3.05) is 12.3 Å². The molecule has 1 heterocycles. The van der Waals surface area contributed by atoms with Crippen molar-refractivity contribution >= 4 is 11.8 Å². The van der Waals surface area contributed by atoms with Crippen molar-refractivity contribution in [2.45, 2.75) is 50.8 Å². The number of rotatable bonds is 6. The molecule has 1 aromatic rings. The third-order valence-corrected chi connectivity index (χ3v) is 5.10. The maximum absolute atomic E-state index is 5.39. The van der Waals surface area contributed by atoms with Gasteiger partial charge >= 0.3 is 0 Å². The van der Waals surface area contributed by atoms with Crippen molar-refractivity contribution in [1.29, 1.82) is 0 Å². The van der Waals surface area contributed by atoms with Gasteiger partial charge in [-0.15, -0.1) is 0 Å². The lowest BCUT2D eigenvalue weighted by Gasteiger charge is -2.26. The van der Waals surface area contributed by atoms with Gasteiger partial charge in [-0.1, -0.05) is 19.8 Å². The molecule has 1 aromatic heterocycles. The highest BCUT2D eigenvalue weighted by Gasteiger charge is 2.18. The van der Waals surface area contributed by atoms with Crippen LogP contribution in [-0.4, -0.2) is 17.5 Å². The summed E-state index contributed by atoms with van der Waals surface area (Å²) in [5, 5.41) is 4.42. The Labute approximate surface area is 115 Å². The van der Waals surface area contributed by atoms with Crippen LogP contribution in [0.3, 0.4) is 0 Å². The van der Waals surface area contributed by atoms with E-state index in [1.807, 2.05) is 12.1 Å². The molecule has 1 aliphatic rings. The molecular formula is C15H25NOS. The summed E-state index contributed by atoms with van der Waals surface area (Å²) in [6, 6.07) is 4.31. The van der Waals surface area contributed by atoms with E-state index in [4.69, 9.17) is 4.42 Å². The molecule has 0 bridgehead atoms. The van der Waals surface area contributed by atoms with E-state index in [1.165, 1.54) is 31.4 Å². The van der Waals surface area contributed by atoms with Gasteiger partial charge in [-0.2, -0.15) is 11.8 Å². The molecule has 2 rings (SSSR count). The highest BCUT2D eigenvalue weighted by Crippen LogP contribution is 2.31. The molecule has 1 aliphatic carbocycles. The molecule has 18 heavy (non-hydrogen) atoms. The van der Waals surface area contributed by atoms with E-state index in [-0.39, 0.29) is 0 Å². The van der Waals surface area contributed by atoms with E-state index < -0.39 is 0 Å². The summed E-state index contributed by atoms with van der Waals surface area (Å²) in [6.45, 7) is 5.62. The van der Waals surface area contributed by atoms with Crippen LogP contribution in [0.5, 0.6) is 0 Å². The van der Waals surface area contributed by atoms with Crippen LogP contribution in [0.4, 0.5) is 0 Å². The Balaban J connectivity index is 1.58. The van der Waals surface area contributed by atoms with Crippen LogP contribution in [0.2, 0.25) is 0 Å². The van der Waals surface area contributed by atoms with E-state index in [0.717, 1.165) is 23.5 Å². The fourth-order valence-corrected chi connectivity index (χ4v) is 4.04. The Morgan fingerprint density at radius 1 is 1.50 bits per heavy atom. The fourth-order valence-electron chi connectivity index (χ4n) is 2.67. The molecule has 1 N–H and O–H groups in total. The van der Waals surface area contributed by atoms with Gasteiger partial charge in [0.1, 0.15) is 5.76 Å². The number of nitrogens with one attached hydrogen (secondary N) is 1. The van der Waals surface area contributed by atoms with Crippen molar-refractivity contribution < 1.29 is 4.42 Å². The molecule has 3 heteroatoms. The van der Waals surface area contributed by atoms with Crippen molar-refractivity contribution in [3.05, 3.63) is 24.2 Å². The lowest BCUT2D eigenvalue weighted by Crippen LogP contribution is -2.23. The first-order valence-electron chi connectivity index (χ1n) is 7.14. The molecule has 0 aliphatic heterocycles. The summed E-state index contributed by atoms with van der Waals surface area (Å²) in [7, 11) is 0. The van der Waals surface area contributed by atoms with Gasteiger partial charge in [0.2, 0.25) is 0 Å². The predicted octanol–water partition coefficient (Wildman–Crippen LogP) is 4.24. The zero-order chi connectivity index (χ0) is 12.8. The second-order valence-electron chi connectivity index (χ2n) is 5.46. The minimum absolute atomic E-state index is 0.325. The number of hydrogen-bond acceptors (Lipinski definition) is 3. The van der Waals surface area contributed by atoms with E-state index in [1.54, 1.807) is 6.26 Å². The molecule has 3 atom stereocenters. The maximum atomic E-state index is 5.39. The number of furan rings is 1. The minimum Gasteiger partial charge on any atom is -0.468 e. The summed E-state index contributed by atoms with van der Waals surface area (Å²) in [4.78, 5) is 0. The van der Waals surface area contributed by atoms with E-state index in [0.29, 0.717) is 6.04 Å². The quantitative estimate of drug-likeness (QED) is 0.780. The van der Waals surface area contributed by atoms with Crippen LogP contribution in [0.15, 0.2) is 22.8 Å². The molecule has 1 fully saturated rings. The predicted molar refractivity (Wildman–Crippen MR) is 79.0 cm³/mol. The van der Waals surface area contributed by atoms with Crippen LogP contribution in [0.25, 0.3) is 0 Å². The van der Waals surface area contributed by atoms with Gasteiger partial charge in [0.05, 0.1) is 12.3 Å². The lowest BCUT2D eigenvalue weighted by molar-refractivity contribution is 0.394. The maximum Gasteiger partial charge on any atom is 0.120 e. The van der Waals surface area contributed by atoms with Gasteiger partial charge in [-0.3, -0.25) is 0 Å². The fraction of sp³-hybridized carbons (Fsp3) is 0.733. The zero-order valence-electron chi connectivity index (χ0n) is 11.5. The molecule has 2 nitrogen and oxygen atoms in total. The summed E-state index contributed by atoms with van der Waals surface area (Å²) in [5.74, 6) is 3.18. The van der Waals surface area contributed by atoms with Gasteiger partial charge in [0.25, 0.3) is 0 Å². The Morgan fingerprint density at radius 2 is 2.39 bits per heavy atom. The van der Waals surface area contributed by atoms with Crippen molar-refractivity contribution in [2.24, 2.45) is 5.92 Å². The van der Waals surface area contributed by atoms with Gasteiger partial charge in [-0.05, 0) is 37.8 Å². The molecule has 3 unspecified atom stereocenters. The second kappa shape index (κ2) is 7.25.